The second-order valence-corrected chi connectivity index (χ2v) is 8.20. The molecule has 2 heterocycles. The molecule has 2 aromatic rings. The van der Waals surface area contributed by atoms with Gasteiger partial charge in [-0.1, -0.05) is 30.3 Å². The first-order chi connectivity index (χ1) is 12.7. The van der Waals surface area contributed by atoms with Gasteiger partial charge in [0.05, 0.1) is 6.20 Å². The molecule has 6 nitrogen and oxygen atoms in total. The summed E-state index contributed by atoms with van der Waals surface area (Å²) in [6, 6.07) is 9.99. The lowest BCUT2D eigenvalue weighted by atomic mass is 10.0. The number of benzene rings is 1. The van der Waals surface area contributed by atoms with Gasteiger partial charge in [-0.25, -0.2) is 0 Å². The van der Waals surface area contributed by atoms with Gasteiger partial charge in [0.15, 0.2) is 5.96 Å². The molecule has 1 aliphatic heterocycles. The maximum absolute atomic E-state index is 12.3. The fraction of sp³-hybridized carbons (Fsp3) is 0.474. The molecule has 1 aliphatic rings. The Morgan fingerprint density at radius 2 is 2.19 bits per heavy atom. The smallest absolute Gasteiger partial charge is 0.193 e. The quantitative estimate of drug-likeness (QED) is 0.619. The first-order valence-corrected chi connectivity index (χ1v) is 10.5. The Labute approximate surface area is 157 Å². The van der Waals surface area contributed by atoms with Crippen LogP contribution in [0.1, 0.15) is 23.5 Å². The van der Waals surface area contributed by atoms with Crippen LogP contribution in [0, 0.1) is 0 Å². The van der Waals surface area contributed by atoms with E-state index in [0.29, 0.717) is 24.0 Å². The molecule has 0 spiro atoms. The van der Waals surface area contributed by atoms with Gasteiger partial charge in [0.25, 0.3) is 0 Å². The number of likely N-dealkylation sites (tertiary alicyclic amines) is 1. The molecule has 0 amide bonds. The molecule has 1 fully saturated rings. The lowest BCUT2D eigenvalue weighted by Crippen LogP contribution is -2.41. The van der Waals surface area contributed by atoms with Gasteiger partial charge in [0, 0.05) is 68.1 Å². The fourth-order valence-corrected chi connectivity index (χ4v) is 4.36. The second-order valence-electron chi connectivity index (χ2n) is 6.63. The Balaban J connectivity index is 1.44. The molecule has 0 bridgehead atoms. The second kappa shape index (κ2) is 8.98. The minimum atomic E-state index is -0.872. The van der Waals surface area contributed by atoms with E-state index in [4.69, 9.17) is 0 Å². The van der Waals surface area contributed by atoms with Crippen LogP contribution in [0.25, 0.3) is 0 Å². The predicted molar refractivity (Wildman–Crippen MR) is 107 cm³/mol. The molecule has 1 N–H and O–H groups in total. The van der Waals surface area contributed by atoms with Gasteiger partial charge < -0.3 is 10.2 Å². The van der Waals surface area contributed by atoms with E-state index in [1.807, 2.05) is 48.3 Å². The molecule has 0 radical (unpaired) electrons. The summed E-state index contributed by atoms with van der Waals surface area (Å²) in [6.07, 6.45) is 5.15. The van der Waals surface area contributed by atoms with Crippen molar-refractivity contribution in [2.24, 2.45) is 12.0 Å². The molecule has 7 heteroatoms. The van der Waals surface area contributed by atoms with Crippen molar-refractivity contribution in [1.29, 1.82) is 0 Å². The normalized spacial score (nSPS) is 18.9. The van der Waals surface area contributed by atoms with E-state index in [9.17, 15) is 4.21 Å². The molecule has 2 unspecified atom stereocenters. The van der Waals surface area contributed by atoms with Crippen LogP contribution in [-0.2, 0) is 23.6 Å². The van der Waals surface area contributed by atoms with E-state index in [1.54, 1.807) is 7.05 Å². The standard InChI is InChI=1S/C19H27N5OS/c1-20-19(21-9-11-26(25)15-16-6-4-3-5-7-16)24-10-8-17(14-24)18-12-22-23(2)13-18/h3-7,12-13,17H,8-11,14-15H2,1-2H3,(H,20,21). The van der Waals surface area contributed by atoms with Crippen molar-refractivity contribution < 1.29 is 4.21 Å². The third-order valence-corrected chi connectivity index (χ3v) is 5.99. The lowest BCUT2D eigenvalue weighted by Gasteiger charge is -2.21. The highest BCUT2D eigenvalue weighted by Gasteiger charge is 2.26. The largest absolute Gasteiger partial charge is 0.355 e. The number of guanidine groups is 1. The van der Waals surface area contributed by atoms with Gasteiger partial charge in [-0.2, -0.15) is 5.10 Å². The molecule has 0 aliphatic carbocycles. The molecular weight excluding hydrogens is 346 g/mol. The summed E-state index contributed by atoms with van der Waals surface area (Å²) in [4.78, 5) is 6.67. The summed E-state index contributed by atoms with van der Waals surface area (Å²) < 4.78 is 14.1. The topological polar surface area (TPSA) is 62.5 Å². The Bertz CT molecular complexity index is 758. The van der Waals surface area contributed by atoms with Gasteiger partial charge in [-0.3, -0.25) is 13.9 Å². The van der Waals surface area contributed by atoms with Gasteiger partial charge >= 0.3 is 0 Å². The van der Waals surface area contributed by atoms with Crippen molar-refractivity contribution >= 4 is 16.8 Å². The van der Waals surface area contributed by atoms with Crippen LogP contribution in [0.5, 0.6) is 0 Å². The molecular formula is C19H27N5OS. The Morgan fingerprint density at radius 3 is 2.88 bits per heavy atom. The maximum atomic E-state index is 12.3. The van der Waals surface area contributed by atoms with E-state index in [-0.39, 0.29) is 0 Å². The zero-order chi connectivity index (χ0) is 18.4. The van der Waals surface area contributed by atoms with Gasteiger partial charge in [0.1, 0.15) is 0 Å². The molecule has 1 saturated heterocycles. The SMILES string of the molecule is CN=C(NCCS(=O)Cc1ccccc1)N1CCC(c2cnn(C)c2)C1. The predicted octanol–water partition coefficient (Wildman–Crippen LogP) is 1.73. The summed E-state index contributed by atoms with van der Waals surface area (Å²) in [5.41, 5.74) is 2.41. The first-order valence-electron chi connectivity index (χ1n) is 8.98. The molecule has 140 valence electrons. The number of aryl methyl sites for hydroxylation is 1. The number of hydrogen-bond donors (Lipinski definition) is 1. The van der Waals surface area contributed by atoms with Crippen molar-refractivity contribution in [3.8, 4) is 0 Å². The molecule has 2 atom stereocenters. The third kappa shape index (κ3) is 4.94. The van der Waals surface area contributed by atoms with E-state index < -0.39 is 10.8 Å². The van der Waals surface area contributed by atoms with Crippen molar-refractivity contribution in [2.75, 3.05) is 32.4 Å². The van der Waals surface area contributed by atoms with Gasteiger partial charge in [-0.05, 0) is 17.5 Å². The fourth-order valence-electron chi connectivity index (χ4n) is 3.32. The van der Waals surface area contributed by atoms with Crippen molar-refractivity contribution in [1.82, 2.24) is 20.0 Å². The summed E-state index contributed by atoms with van der Waals surface area (Å²) in [7, 11) is 2.88. The van der Waals surface area contributed by atoms with Crippen molar-refractivity contribution in [3.05, 3.63) is 53.9 Å². The summed E-state index contributed by atoms with van der Waals surface area (Å²) in [5.74, 6) is 2.62. The Morgan fingerprint density at radius 1 is 1.38 bits per heavy atom. The van der Waals surface area contributed by atoms with Crippen LogP contribution < -0.4 is 5.32 Å². The molecule has 0 saturated carbocycles. The van der Waals surface area contributed by atoms with Crippen LogP contribution in [0.15, 0.2) is 47.7 Å². The van der Waals surface area contributed by atoms with Crippen LogP contribution in [0.3, 0.4) is 0 Å². The van der Waals surface area contributed by atoms with E-state index >= 15 is 0 Å². The Hall–Kier alpha value is -2.15. The van der Waals surface area contributed by atoms with Gasteiger partial charge in [0.2, 0.25) is 0 Å². The zero-order valence-corrected chi connectivity index (χ0v) is 16.3. The van der Waals surface area contributed by atoms with Crippen LogP contribution >= 0.6 is 0 Å². The minimum absolute atomic E-state index is 0.495. The number of rotatable bonds is 6. The average molecular weight is 374 g/mol. The summed E-state index contributed by atoms with van der Waals surface area (Å²) in [6.45, 7) is 2.59. The van der Waals surface area contributed by atoms with Crippen molar-refractivity contribution in [3.63, 3.8) is 0 Å². The highest BCUT2D eigenvalue weighted by atomic mass is 32.2. The summed E-state index contributed by atoms with van der Waals surface area (Å²) in [5, 5.41) is 7.64. The van der Waals surface area contributed by atoms with Crippen LogP contribution in [0.2, 0.25) is 0 Å². The van der Waals surface area contributed by atoms with E-state index in [0.717, 1.165) is 31.0 Å². The number of aromatic nitrogens is 2. The molecule has 1 aromatic heterocycles. The minimum Gasteiger partial charge on any atom is -0.355 e. The van der Waals surface area contributed by atoms with Crippen LogP contribution in [-0.4, -0.2) is 57.3 Å². The molecule has 26 heavy (non-hydrogen) atoms. The van der Waals surface area contributed by atoms with Gasteiger partial charge in [-0.15, -0.1) is 0 Å². The summed E-state index contributed by atoms with van der Waals surface area (Å²) >= 11 is 0. The number of hydrogen-bond acceptors (Lipinski definition) is 3. The van der Waals surface area contributed by atoms with Crippen molar-refractivity contribution in [2.45, 2.75) is 18.1 Å². The van der Waals surface area contributed by atoms with E-state index in [1.165, 1.54) is 5.56 Å². The lowest BCUT2D eigenvalue weighted by molar-refractivity contribution is 0.488. The third-order valence-electron chi connectivity index (χ3n) is 4.68. The highest BCUT2D eigenvalue weighted by molar-refractivity contribution is 7.84. The first kappa shape index (κ1) is 18.6. The number of aliphatic imine (C=N–C) groups is 1. The average Bonchev–Trinajstić information content (AvgIpc) is 3.28. The number of nitrogens with one attached hydrogen (secondary N) is 1. The maximum Gasteiger partial charge on any atom is 0.193 e. The highest BCUT2D eigenvalue weighted by Crippen LogP contribution is 2.26. The zero-order valence-electron chi connectivity index (χ0n) is 15.5. The van der Waals surface area contributed by atoms with E-state index in [2.05, 4.69) is 26.5 Å². The Kier molecular flexibility index (Phi) is 6.44. The monoisotopic (exact) mass is 373 g/mol. The number of nitrogens with zero attached hydrogens (tertiary/aromatic N) is 4. The molecule has 3 rings (SSSR count). The molecule has 1 aromatic carbocycles. The van der Waals surface area contributed by atoms with Crippen LogP contribution in [0.4, 0.5) is 0 Å².